The third-order valence-corrected chi connectivity index (χ3v) is 15.2. The lowest BCUT2D eigenvalue weighted by atomic mass is 10.4. The van der Waals surface area contributed by atoms with Crippen LogP contribution in [0.25, 0.3) is 0 Å². The van der Waals surface area contributed by atoms with E-state index in [2.05, 4.69) is 24.3 Å². The molecule has 86 valence electrons. The monoisotopic (exact) mass is 286 g/mol. The molecular weight excluding hydrogens is 268 g/mol. The minimum Gasteiger partial charge on any atom is -0.0914 e. The van der Waals surface area contributed by atoms with Gasteiger partial charge in [0.1, 0.15) is 0 Å². The summed E-state index contributed by atoms with van der Waals surface area (Å²) >= 11 is 0. The van der Waals surface area contributed by atoms with Gasteiger partial charge in [-0.25, -0.2) is 0 Å². The molecule has 2 heterocycles. The minimum atomic E-state index is 0.271. The number of hydrogen-bond acceptors (Lipinski definition) is 0. The maximum Gasteiger partial charge on any atom is -0.0119 e. The molecule has 2 aliphatic heterocycles. The van der Waals surface area contributed by atoms with Gasteiger partial charge in [0.05, 0.1) is 0 Å². The Morgan fingerprint density at radius 2 is 1.31 bits per heavy atom. The Morgan fingerprint density at radius 3 is 1.69 bits per heavy atom. The van der Waals surface area contributed by atoms with Gasteiger partial charge in [-0.15, -0.1) is 0 Å². The van der Waals surface area contributed by atoms with Crippen LogP contribution in [-0.2, 0) is 0 Å². The highest BCUT2D eigenvalue weighted by Gasteiger charge is 2.24. The van der Waals surface area contributed by atoms with Crippen LogP contribution in [0.15, 0.2) is 24.3 Å². The summed E-state index contributed by atoms with van der Waals surface area (Å²) in [5.41, 5.74) is 0. The molecule has 4 unspecified atom stereocenters. The molecule has 2 aliphatic rings. The van der Waals surface area contributed by atoms with Gasteiger partial charge in [-0.2, -0.15) is 0 Å². The van der Waals surface area contributed by atoms with Crippen LogP contribution in [0.4, 0.5) is 0 Å². The van der Waals surface area contributed by atoms with Crippen molar-refractivity contribution in [3.8, 4) is 0 Å². The molecule has 3 rings (SSSR count). The molecule has 0 radical (unpaired) electrons. The summed E-state index contributed by atoms with van der Waals surface area (Å²) in [7, 11) is 3.08. The van der Waals surface area contributed by atoms with E-state index in [1.54, 1.807) is 0 Å². The maximum atomic E-state index is 2.46. The van der Waals surface area contributed by atoms with Crippen LogP contribution in [-0.4, -0.2) is 24.6 Å². The van der Waals surface area contributed by atoms with E-state index < -0.39 is 0 Å². The van der Waals surface area contributed by atoms with Gasteiger partial charge in [-0.3, -0.25) is 0 Å². The fourth-order valence-corrected chi connectivity index (χ4v) is 15.5. The second kappa shape index (κ2) is 5.72. The zero-order valence-corrected chi connectivity index (χ0v) is 13.2. The first-order chi connectivity index (χ1) is 7.95. The third-order valence-electron chi connectivity index (χ3n) is 3.19. The van der Waals surface area contributed by atoms with Crippen molar-refractivity contribution in [2.45, 2.75) is 12.8 Å². The van der Waals surface area contributed by atoms with Gasteiger partial charge in [0.2, 0.25) is 0 Å². The standard InChI is InChI=1S/C12H18P4/c1-2-6-12(16-10-4-8-14-16)11(5-1)15-9-3-7-13-15/h1-2,5-6,13-14H,3-4,7-10H2. The predicted octanol–water partition coefficient (Wildman–Crippen LogP) is 3.90. The van der Waals surface area contributed by atoms with E-state index in [0.29, 0.717) is 0 Å². The number of hydrogen-bond donors (Lipinski definition) is 0. The Balaban J connectivity index is 1.90. The highest BCUT2D eigenvalue weighted by molar-refractivity contribution is 8.28. The average molecular weight is 286 g/mol. The summed E-state index contributed by atoms with van der Waals surface area (Å²) in [5.74, 6) is 0. The maximum absolute atomic E-state index is 2.46. The molecule has 0 aliphatic carbocycles. The Kier molecular flexibility index (Phi) is 4.29. The fourth-order valence-electron chi connectivity index (χ4n) is 2.39. The molecule has 1 aromatic carbocycles. The molecule has 0 aromatic heterocycles. The van der Waals surface area contributed by atoms with Crippen molar-refractivity contribution in [2.24, 2.45) is 0 Å². The molecule has 0 nitrogen and oxygen atoms in total. The van der Waals surface area contributed by atoms with Gasteiger partial charge >= 0.3 is 0 Å². The van der Waals surface area contributed by atoms with Crippen LogP contribution in [0.3, 0.4) is 0 Å². The van der Waals surface area contributed by atoms with E-state index in [4.69, 9.17) is 0 Å². The van der Waals surface area contributed by atoms with E-state index in [1.807, 2.05) is 10.6 Å². The fraction of sp³-hybridized carbons (Fsp3) is 0.500. The number of benzene rings is 1. The lowest BCUT2D eigenvalue weighted by Gasteiger charge is -2.19. The van der Waals surface area contributed by atoms with E-state index in [0.717, 1.165) is 0 Å². The van der Waals surface area contributed by atoms with Crippen LogP contribution in [0, 0.1) is 0 Å². The first-order valence-corrected chi connectivity index (χ1v) is 13.2. The van der Waals surface area contributed by atoms with Crippen LogP contribution in [0.1, 0.15) is 12.8 Å². The molecule has 0 N–H and O–H groups in total. The molecule has 4 heteroatoms. The van der Waals surface area contributed by atoms with Gasteiger partial charge in [-0.1, -0.05) is 56.0 Å². The molecule has 4 atom stereocenters. The van der Waals surface area contributed by atoms with E-state index in [1.165, 1.54) is 54.0 Å². The van der Waals surface area contributed by atoms with Gasteiger partial charge in [0.15, 0.2) is 0 Å². The Bertz CT molecular complexity index is 319. The topological polar surface area (TPSA) is 0 Å². The van der Waals surface area contributed by atoms with Gasteiger partial charge < -0.3 is 0 Å². The molecule has 0 saturated carbocycles. The largest absolute Gasteiger partial charge is 0.0914 e. The molecule has 0 spiro atoms. The SMILES string of the molecule is c1ccc(P2CCCP2)c(P2CCCP2)c1. The van der Waals surface area contributed by atoms with Crippen LogP contribution >= 0.6 is 31.8 Å². The first kappa shape index (κ1) is 12.0. The van der Waals surface area contributed by atoms with Crippen molar-refractivity contribution in [2.75, 3.05) is 24.6 Å². The first-order valence-electron chi connectivity index (χ1n) is 6.06. The Morgan fingerprint density at radius 1 is 0.812 bits per heavy atom. The van der Waals surface area contributed by atoms with Crippen molar-refractivity contribution >= 4 is 42.4 Å². The molecule has 16 heavy (non-hydrogen) atoms. The van der Waals surface area contributed by atoms with Gasteiger partial charge in [-0.05, 0) is 48.1 Å². The van der Waals surface area contributed by atoms with Gasteiger partial charge in [0, 0.05) is 0 Å². The lowest BCUT2D eigenvalue weighted by Crippen LogP contribution is -2.19. The van der Waals surface area contributed by atoms with Crippen LogP contribution in [0.2, 0.25) is 0 Å². The van der Waals surface area contributed by atoms with Crippen molar-refractivity contribution in [3.63, 3.8) is 0 Å². The smallest absolute Gasteiger partial charge is 0.0119 e. The zero-order chi connectivity index (χ0) is 10.8. The minimum absolute atomic E-state index is 0.271. The molecule has 2 fully saturated rings. The van der Waals surface area contributed by atoms with Crippen molar-refractivity contribution < 1.29 is 0 Å². The normalized spacial score (nSPS) is 32.8. The lowest BCUT2D eigenvalue weighted by molar-refractivity contribution is 1.14. The summed E-state index contributed by atoms with van der Waals surface area (Å²) in [6.45, 7) is 0. The summed E-state index contributed by atoms with van der Waals surface area (Å²) in [6, 6.07) is 9.48. The van der Waals surface area contributed by atoms with E-state index >= 15 is 0 Å². The molecule has 1 aromatic rings. The van der Waals surface area contributed by atoms with Crippen LogP contribution < -0.4 is 10.6 Å². The molecule has 0 amide bonds. The Hall–Kier alpha value is 0.940. The molecule has 0 bridgehead atoms. The van der Waals surface area contributed by atoms with Gasteiger partial charge in [0.25, 0.3) is 0 Å². The van der Waals surface area contributed by atoms with Crippen molar-refractivity contribution in [1.82, 2.24) is 0 Å². The highest BCUT2D eigenvalue weighted by Crippen LogP contribution is 2.64. The second-order valence-corrected chi connectivity index (χ2v) is 14.7. The summed E-state index contributed by atoms with van der Waals surface area (Å²) in [6.07, 6.45) is 9.08. The Labute approximate surface area is 104 Å². The number of rotatable bonds is 2. The third kappa shape index (κ3) is 2.52. The molecular formula is C12H18P4. The zero-order valence-electron chi connectivity index (χ0n) is 9.45. The van der Waals surface area contributed by atoms with Crippen molar-refractivity contribution in [1.29, 1.82) is 0 Å². The summed E-state index contributed by atoms with van der Waals surface area (Å²) in [4.78, 5) is 0. The van der Waals surface area contributed by atoms with Crippen LogP contribution in [0.5, 0.6) is 0 Å². The van der Waals surface area contributed by atoms with Crippen molar-refractivity contribution in [3.05, 3.63) is 24.3 Å². The summed E-state index contributed by atoms with van der Waals surface area (Å²) in [5, 5.41) is 3.63. The summed E-state index contributed by atoms with van der Waals surface area (Å²) < 4.78 is 0. The quantitative estimate of drug-likeness (QED) is 0.723. The van der Waals surface area contributed by atoms with E-state index in [9.17, 15) is 0 Å². The molecule has 2 saturated heterocycles. The second-order valence-electron chi connectivity index (χ2n) is 4.32. The highest BCUT2D eigenvalue weighted by atomic mass is 32.1. The average Bonchev–Trinajstić information content (AvgIpc) is 3.03. The van der Waals surface area contributed by atoms with E-state index in [-0.39, 0.29) is 15.2 Å². The predicted molar refractivity (Wildman–Crippen MR) is 84.9 cm³/mol.